The molecule has 33 heavy (non-hydrogen) atoms. The highest BCUT2D eigenvalue weighted by atomic mass is 32.1. The van der Waals surface area contributed by atoms with Crippen LogP contribution in [0.2, 0.25) is 0 Å². The van der Waals surface area contributed by atoms with Crippen LogP contribution in [-0.2, 0) is 24.1 Å². The van der Waals surface area contributed by atoms with E-state index in [1.807, 2.05) is 61.5 Å². The van der Waals surface area contributed by atoms with Gasteiger partial charge < -0.3 is 10.6 Å². The molecule has 2 aromatic carbocycles. The second-order valence-corrected chi connectivity index (χ2v) is 11.1. The number of carbonyl (C=O) groups is 2. The van der Waals surface area contributed by atoms with Gasteiger partial charge in [-0.3, -0.25) is 9.59 Å². The summed E-state index contributed by atoms with van der Waals surface area (Å²) < 4.78 is 0. The van der Waals surface area contributed by atoms with Crippen LogP contribution in [0, 0.1) is 18.3 Å². The van der Waals surface area contributed by atoms with Crippen molar-refractivity contribution in [3.63, 3.8) is 0 Å². The third kappa shape index (κ3) is 5.36. The van der Waals surface area contributed by atoms with Crippen molar-refractivity contribution in [1.82, 2.24) is 0 Å². The first-order chi connectivity index (χ1) is 15.7. The number of aryl methyl sites for hydroxylation is 1. The number of anilines is 2. The lowest BCUT2D eigenvalue weighted by atomic mass is 9.72. The number of fused-ring (bicyclic) bond motifs is 1. The Bertz CT molecular complexity index is 1160. The molecule has 5 heteroatoms. The molecule has 1 aliphatic carbocycles. The molecule has 1 heterocycles. The van der Waals surface area contributed by atoms with E-state index < -0.39 is 0 Å². The zero-order valence-electron chi connectivity index (χ0n) is 19.8. The second kappa shape index (κ2) is 9.52. The molecule has 4 nitrogen and oxygen atoms in total. The van der Waals surface area contributed by atoms with Gasteiger partial charge in [-0.1, -0.05) is 69.3 Å². The van der Waals surface area contributed by atoms with Gasteiger partial charge in [0.05, 0.1) is 12.0 Å². The number of thiophene rings is 1. The maximum absolute atomic E-state index is 13.5. The normalized spacial score (nSPS) is 15.6. The lowest BCUT2D eigenvalue weighted by Gasteiger charge is -2.33. The molecule has 1 aliphatic rings. The number of carbonyl (C=O) groups excluding carboxylic acids is 2. The summed E-state index contributed by atoms with van der Waals surface area (Å²) in [6, 6.07) is 17.5. The average molecular weight is 461 g/mol. The fourth-order valence-electron chi connectivity index (χ4n) is 4.50. The average Bonchev–Trinajstić information content (AvgIpc) is 3.12. The van der Waals surface area contributed by atoms with E-state index in [0.717, 1.165) is 41.6 Å². The van der Waals surface area contributed by atoms with E-state index in [-0.39, 0.29) is 23.7 Å². The van der Waals surface area contributed by atoms with Crippen LogP contribution in [0.25, 0.3) is 0 Å². The molecule has 1 unspecified atom stereocenters. The first-order valence-corrected chi connectivity index (χ1v) is 12.4. The van der Waals surface area contributed by atoms with E-state index in [4.69, 9.17) is 0 Å². The number of hydrogen-bond acceptors (Lipinski definition) is 3. The van der Waals surface area contributed by atoms with E-state index in [1.165, 1.54) is 4.88 Å². The summed E-state index contributed by atoms with van der Waals surface area (Å²) in [5.74, 6) is 0.312. The Kier molecular flexibility index (Phi) is 6.71. The first kappa shape index (κ1) is 23.2. The molecule has 3 aromatic rings. The Hall–Kier alpha value is -2.92. The molecule has 1 atom stereocenters. The third-order valence-corrected chi connectivity index (χ3v) is 7.74. The molecule has 2 amide bonds. The molecule has 1 aromatic heterocycles. The summed E-state index contributed by atoms with van der Waals surface area (Å²) in [5.41, 5.74) is 4.70. The highest BCUT2D eigenvalue weighted by molar-refractivity contribution is 7.17. The van der Waals surface area contributed by atoms with Crippen molar-refractivity contribution in [2.24, 2.45) is 11.3 Å². The summed E-state index contributed by atoms with van der Waals surface area (Å²) >= 11 is 1.57. The van der Waals surface area contributed by atoms with Gasteiger partial charge in [0.15, 0.2) is 0 Å². The summed E-state index contributed by atoms with van der Waals surface area (Å²) in [6.07, 6.45) is 3.14. The van der Waals surface area contributed by atoms with Gasteiger partial charge in [-0.05, 0) is 60.3 Å². The quantitative estimate of drug-likeness (QED) is 0.448. The Balaban J connectivity index is 1.64. The van der Waals surface area contributed by atoms with Gasteiger partial charge in [-0.15, -0.1) is 11.3 Å². The van der Waals surface area contributed by atoms with Crippen LogP contribution in [0.3, 0.4) is 0 Å². The van der Waals surface area contributed by atoms with Gasteiger partial charge in [-0.25, -0.2) is 0 Å². The Morgan fingerprint density at radius 3 is 2.39 bits per heavy atom. The zero-order chi connectivity index (χ0) is 23.6. The van der Waals surface area contributed by atoms with Crippen molar-refractivity contribution in [3.8, 4) is 0 Å². The van der Waals surface area contributed by atoms with Gasteiger partial charge in [0.1, 0.15) is 5.00 Å². The number of para-hydroxylation sites is 1. The maximum atomic E-state index is 13.5. The monoisotopic (exact) mass is 460 g/mol. The zero-order valence-corrected chi connectivity index (χ0v) is 20.6. The van der Waals surface area contributed by atoms with E-state index in [2.05, 4.69) is 31.4 Å². The molecule has 0 radical (unpaired) electrons. The molecule has 0 spiro atoms. The smallest absolute Gasteiger partial charge is 0.258 e. The highest BCUT2D eigenvalue weighted by Gasteiger charge is 2.34. The molecule has 4 rings (SSSR count). The topological polar surface area (TPSA) is 58.2 Å². The predicted octanol–water partition coefficient (Wildman–Crippen LogP) is 6.64. The van der Waals surface area contributed by atoms with Crippen LogP contribution in [0.1, 0.15) is 59.1 Å². The minimum absolute atomic E-state index is 0.0999. The minimum atomic E-state index is -0.147. The highest BCUT2D eigenvalue weighted by Crippen LogP contribution is 2.44. The fourth-order valence-corrected chi connectivity index (χ4v) is 5.84. The molecule has 172 valence electrons. The Morgan fingerprint density at radius 1 is 1.00 bits per heavy atom. The van der Waals surface area contributed by atoms with Crippen molar-refractivity contribution in [1.29, 1.82) is 0 Å². The van der Waals surface area contributed by atoms with Crippen LogP contribution in [0.5, 0.6) is 0 Å². The first-order valence-electron chi connectivity index (χ1n) is 11.6. The Labute approximate surface area is 200 Å². The molecule has 0 fully saturated rings. The van der Waals surface area contributed by atoms with Crippen LogP contribution in [0.15, 0.2) is 54.6 Å². The van der Waals surface area contributed by atoms with Gasteiger partial charge in [0, 0.05) is 10.6 Å². The van der Waals surface area contributed by atoms with E-state index >= 15 is 0 Å². The molecule has 0 bridgehead atoms. The largest absolute Gasteiger partial charge is 0.322 e. The van der Waals surface area contributed by atoms with Gasteiger partial charge in [0.2, 0.25) is 5.91 Å². The number of nitrogens with one attached hydrogen (secondary N) is 2. The van der Waals surface area contributed by atoms with E-state index in [1.54, 1.807) is 11.3 Å². The van der Waals surface area contributed by atoms with Crippen molar-refractivity contribution in [2.75, 3.05) is 10.6 Å². The number of benzene rings is 2. The van der Waals surface area contributed by atoms with Crippen molar-refractivity contribution in [2.45, 2.75) is 53.4 Å². The number of amides is 2. The van der Waals surface area contributed by atoms with Gasteiger partial charge in [-0.2, -0.15) is 0 Å². The van der Waals surface area contributed by atoms with E-state index in [0.29, 0.717) is 16.5 Å². The predicted molar refractivity (Wildman–Crippen MR) is 137 cm³/mol. The lowest BCUT2D eigenvalue weighted by Crippen LogP contribution is -2.27. The summed E-state index contributed by atoms with van der Waals surface area (Å²) in [4.78, 5) is 27.6. The summed E-state index contributed by atoms with van der Waals surface area (Å²) in [7, 11) is 0. The van der Waals surface area contributed by atoms with Gasteiger partial charge >= 0.3 is 0 Å². The summed E-state index contributed by atoms with van der Waals surface area (Å²) in [6.45, 7) is 8.83. The van der Waals surface area contributed by atoms with E-state index in [9.17, 15) is 9.59 Å². The van der Waals surface area contributed by atoms with Crippen LogP contribution < -0.4 is 10.6 Å². The second-order valence-electron chi connectivity index (χ2n) is 9.99. The molecule has 0 aliphatic heterocycles. The molecule has 2 N–H and O–H groups in total. The van der Waals surface area contributed by atoms with Crippen LogP contribution >= 0.6 is 11.3 Å². The molecule has 0 saturated heterocycles. The fraction of sp³-hybridized carbons (Fsp3) is 0.357. The third-order valence-electron chi connectivity index (χ3n) is 6.57. The summed E-state index contributed by atoms with van der Waals surface area (Å²) in [5, 5.41) is 6.82. The SMILES string of the molecule is Cc1ccccc1NC(=O)c1c(NC(=O)Cc2ccccc2)sc2c1CCC(C(C)(C)C)C2. The maximum Gasteiger partial charge on any atom is 0.258 e. The standard InChI is InChI=1S/C28H32N2O2S/c1-18-10-8-9-13-22(18)29-26(32)25-21-15-14-20(28(2,3)4)17-23(21)33-27(25)30-24(31)16-19-11-6-5-7-12-19/h5-13,20H,14-17H2,1-4H3,(H,29,32)(H,30,31). The van der Waals surface area contributed by atoms with Crippen molar-refractivity contribution < 1.29 is 9.59 Å². The molecular formula is C28H32N2O2S. The molecule has 0 saturated carbocycles. The lowest BCUT2D eigenvalue weighted by molar-refractivity contribution is -0.115. The number of hydrogen-bond donors (Lipinski definition) is 2. The minimum Gasteiger partial charge on any atom is -0.322 e. The van der Waals surface area contributed by atoms with Gasteiger partial charge in [0.25, 0.3) is 5.91 Å². The number of rotatable bonds is 5. The van der Waals surface area contributed by atoms with Crippen molar-refractivity contribution in [3.05, 3.63) is 81.7 Å². The van der Waals surface area contributed by atoms with Crippen molar-refractivity contribution >= 4 is 33.8 Å². The Morgan fingerprint density at radius 2 is 1.70 bits per heavy atom. The van der Waals surface area contributed by atoms with Crippen LogP contribution in [0.4, 0.5) is 10.7 Å². The molecular weight excluding hydrogens is 428 g/mol. The van der Waals surface area contributed by atoms with Crippen LogP contribution in [-0.4, -0.2) is 11.8 Å².